The van der Waals surface area contributed by atoms with Gasteiger partial charge in [-0.1, -0.05) is 18.2 Å². The van der Waals surface area contributed by atoms with Crippen LogP contribution in [0.5, 0.6) is 5.75 Å². The van der Waals surface area contributed by atoms with Gasteiger partial charge >= 0.3 is 6.61 Å². The van der Waals surface area contributed by atoms with Crippen molar-refractivity contribution < 1.29 is 18.3 Å². The first-order valence-electron chi connectivity index (χ1n) is 6.31. The number of benzene rings is 1. The van der Waals surface area contributed by atoms with Gasteiger partial charge in [-0.05, 0) is 26.8 Å². The van der Waals surface area contributed by atoms with E-state index in [9.17, 15) is 13.6 Å². The zero-order valence-corrected chi connectivity index (χ0v) is 11.8. The lowest BCUT2D eigenvalue weighted by Gasteiger charge is -2.25. The smallest absolute Gasteiger partial charge is 0.387 e. The Morgan fingerprint density at radius 1 is 1.40 bits per heavy atom. The molecule has 112 valence electrons. The maximum Gasteiger partial charge on any atom is 0.387 e. The number of hydrogen-bond acceptors (Lipinski definition) is 3. The number of amides is 1. The van der Waals surface area contributed by atoms with Crippen molar-refractivity contribution in [2.45, 2.75) is 33.4 Å². The number of carbonyl (C=O) groups excluding carboxylic acids is 1. The van der Waals surface area contributed by atoms with Gasteiger partial charge in [0.05, 0.1) is 5.41 Å². The maximum atomic E-state index is 12.3. The minimum absolute atomic E-state index is 0.124. The Morgan fingerprint density at radius 3 is 2.55 bits per heavy atom. The zero-order chi connectivity index (χ0) is 15.3. The molecule has 4 nitrogen and oxygen atoms in total. The van der Waals surface area contributed by atoms with Crippen LogP contribution in [0.3, 0.4) is 0 Å². The second kappa shape index (κ2) is 6.65. The second-order valence-electron chi connectivity index (χ2n) is 5.27. The van der Waals surface area contributed by atoms with Gasteiger partial charge in [0.25, 0.3) is 0 Å². The Labute approximate surface area is 117 Å². The van der Waals surface area contributed by atoms with Crippen LogP contribution >= 0.6 is 0 Å². The summed E-state index contributed by atoms with van der Waals surface area (Å²) in [5, 5.41) is 3.11. The molecule has 0 saturated carbocycles. The second-order valence-corrected chi connectivity index (χ2v) is 5.27. The van der Waals surface area contributed by atoms with Gasteiger partial charge in [-0.15, -0.1) is 0 Å². The Hall–Kier alpha value is -1.69. The van der Waals surface area contributed by atoms with E-state index in [1.165, 1.54) is 6.07 Å². The molecule has 1 amide bonds. The number of rotatable bonds is 7. The number of hydrogen-bond donors (Lipinski definition) is 2. The Kier molecular flexibility index (Phi) is 5.44. The lowest BCUT2D eigenvalue weighted by Crippen LogP contribution is -2.41. The van der Waals surface area contributed by atoms with Gasteiger partial charge in [0.2, 0.25) is 5.91 Å². The fourth-order valence-electron chi connectivity index (χ4n) is 1.65. The highest BCUT2D eigenvalue weighted by Gasteiger charge is 2.26. The molecule has 0 aliphatic rings. The third-order valence-corrected chi connectivity index (χ3v) is 3.12. The van der Waals surface area contributed by atoms with Crippen LogP contribution in [0.25, 0.3) is 0 Å². The Balaban J connectivity index is 2.77. The van der Waals surface area contributed by atoms with E-state index in [1.807, 2.05) is 6.92 Å². The molecule has 1 aromatic carbocycles. The number of nitrogens with two attached hydrogens (primary N) is 1. The molecule has 0 radical (unpaired) electrons. The van der Waals surface area contributed by atoms with Crippen molar-refractivity contribution in [3.05, 3.63) is 29.8 Å². The summed E-state index contributed by atoms with van der Waals surface area (Å²) < 4.78 is 29.2. The fraction of sp³-hybridized carbons (Fsp3) is 0.500. The summed E-state index contributed by atoms with van der Waals surface area (Å²) in [6.45, 7) is 2.72. The first-order chi connectivity index (χ1) is 9.24. The first-order valence-corrected chi connectivity index (χ1v) is 6.31. The normalized spacial score (nSPS) is 13.3. The van der Waals surface area contributed by atoms with E-state index in [1.54, 1.807) is 32.0 Å². The van der Waals surface area contributed by atoms with E-state index in [0.29, 0.717) is 12.1 Å². The van der Waals surface area contributed by atoms with Crippen LogP contribution in [-0.2, 0) is 4.79 Å². The molecule has 3 N–H and O–H groups in total. The van der Waals surface area contributed by atoms with Crippen LogP contribution in [0, 0.1) is 5.41 Å². The molecule has 1 aromatic rings. The average Bonchev–Trinajstić information content (AvgIpc) is 2.36. The zero-order valence-electron chi connectivity index (χ0n) is 11.8. The van der Waals surface area contributed by atoms with E-state index in [2.05, 4.69) is 10.1 Å². The number of nitrogens with one attached hydrogen (secondary N) is 1. The van der Waals surface area contributed by atoms with E-state index in [0.717, 1.165) is 0 Å². The lowest BCUT2D eigenvalue weighted by molar-refractivity contribution is -0.125. The quantitative estimate of drug-likeness (QED) is 0.809. The molecule has 0 heterocycles. The summed E-state index contributed by atoms with van der Waals surface area (Å²) in [5.74, 6) is -0.298. The van der Waals surface area contributed by atoms with E-state index < -0.39 is 17.9 Å². The fourth-order valence-corrected chi connectivity index (χ4v) is 1.65. The summed E-state index contributed by atoms with van der Waals surface area (Å²) in [6.07, 6.45) is 0. The number of para-hydroxylation sites is 1. The largest absolute Gasteiger partial charge is 0.434 e. The van der Waals surface area contributed by atoms with Gasteiger partial charge < -0.3 is 15.8 Å². The molecular weight excluding hydrogens is 266 g/mol. The van der Waals surface area contributed by atoms with Crippen LogP contribution in [0.1, 0.15) is 32.4 Å². The molecule has 0 aromatic heterocycles. The van der Waals surface area contributed by atoms with Gasteiger partial charge in [-0.25, -0.2) is 0 Å². The van der Waals surface area contributed by atoms with Crippen LogP contribution in [0.4, 0.5) is 8.78 Å². The molecule has 1 rings (SSSR count). The third-order valence-electron chi connectivity index (χ3n) is 3.12. The van der Waals surface area contributed by atoms with E-state index in [-0.39, 0.29) is 11.8 Å². The number of alkyl halides is 2. The van der Waals surface area contributed by atoms with E-state index >= 15 is 0 Å². The minimum Gasteiger partial charge on any atom is -0.434 e. The lowest BCUT2D eigenvalue weighted by atomic mass is 9.92. The summed E-state index contributed by atoms with van der Waals surface area (Å²) in [7, 11) is 0. The van der Waals surface area contributed by atoms with Crippen molar-refractivity contribution in [3.8, 4) is 5.75 Å². The molecule has 0 saturated heterocycles. The molecule has 0 aliphatic carbocycles. The van der Waals surface area contributed by atoms with E-state index in [4.69, 9.17) is 5.73 Å². The van der Waals surface area contributed by atoms with Crippen LogP contribution in [-0.4, -0.2) is 19.1 Å². The maximum absolute atomic E-state index is 12.3. The predicted octanol–water partition coefficient (Wildman–Crippen LogP) is 2.45. The number of primary amides is 1. The van der Waals surface area contributed by atoms with Gasteiger partial charge in [0.15, 0.2) is 0 Å². The third kappa shape index (κ3) is 4.45. The van der Waals surface area contributed by atoms with Crippen molar-refractivity contribution in [2.75, 3.05) is 6.54 Å². The molecule has 0 fully saturated rings. The molecule has 0 aliphatic heterocycles. The summed E-state index contributed by atoms with van der Waals surface area (Å²) in [5.41, 5.74) is 5.18. The molecule has 0 spiro atoms. The topological polar surface area (TPSA) is 64.3 Å². The molecular formula is C14H20F2N2O2. The molecule has 6 heteroatoms. The summed E-state index contributed by atoms with van der Waals surface area (Å²) >= 11 is 0. The molecule has 1 atom stereocenters. The Bertz CT molecular complexity index is 464. The first kappa shape index (κ1) is 16.4. The van der Waals surface area contributed by atoms with Crippen LogP contribution < -0.4 is 15.8 Å². The standard InChI is InChI=1S/C14H20F2N2O2/c1-9(18-8-14(2,3)12(17)19)10-6-4-5-7-11(10)20-13(15)16/h4-7,9,13,18H,8H2,1-3H3,(H2,17,19). The SMILES string of the molecule is CC(NCC(C)(C)C(N)=O)c1ccccc1OC(F)F. The summed E-state index contributed by atoms with van der Waals surface area (Å²) in [6, 6.07) is 6.31. The highest BCUT2D eigenvalue weighted by Crippen LogP contribution is 2.27. The van der Waals surface area contributed by atoms with Crippen molar-refractivity contribution in [2.24, 2.45) is 11.1 Å². The van der Waals surface area contributed by atoms with Crippen molar-refractivity contribution in [1.82, 2.24) is 5.32 Å². The Morgan fingerprint density at radius 2 is 2.00 bits per heavy atom. The van der Waals surface area contributed by atoms with Crippen molar-refractivity contribution in [3.63, 3.8) is 0 Å². The molecule has 0 bridgehead atoms. The number of halogens is 2. The van der Waals surface area contributed by atoms with Crippen molar-refractivity contribution >= 4 is 5.91 Å². The van der Waals surface area contributed by atoms with Crippen LogP contribution in [0.2, 0.25) is 0 Å². The number of carbonyl (C=O) groups is 1. The van der Waals surface area contributed by atoms with Gasteiger partial charge in [0, 0.05) is 18.2 Å². The minimum atomic E-state index is -2.87. The highest BCUT2D eigenvalue weighted by atomic mass is 19.3. The van der Waals surface area contributed by atoms with Gasteiger partial charge in [-0.3, -0.25) is 4.79 Å². The van der Waals surface area contributed by atoms with Crippen molar-refractivity contribution in [1.29, 1.82) is 0 Å². The summed E-state index contributed by atoms with van der Waals surface area (Å²) in [4.78, 5) is 11.2. The van der Waals surface area contributed by atoms with Gasteiger partial charge in [-0.2, -0.15) is 8.78 Å². The predicted molar refractivity (Wildman–Crippen MR) is 72.5 cm³/mol. The average molecular weight is 286 g/mol. The monoisotopic (exact) mass is 286 g/mol. The van der Waals surface area contributed by atoms with Gasteiger partial charge in [0.1, 0.15) is 5.75 Å². The van der Waals surface area contributed by atoms with Crippen LogP contribution in [0.15, 0.2) is 24.3 Å². The number of ether oxygens (including phenoxy) is 1. The molecule has 1 unspecified atom stereocenters. The highest BCUT2D eigenvalue weighted by molar-refractivity contribution is 5.80. The molecule has 20 heavy (non-hydrogen) atoms.